The molecule has 1 saturated heterocycles. The molecule has 0 saturated carbocycles. The number of carbonyl (C=O) groups excluding carboxylic acids is 1. The van der Waals surface area contributed by atoms with Crippen LogP contribution in [-0.2, 0) is 13.1 Å². The first-order chi connectivity index (χ1) is 17.6. The van der Waals surface area contributed by atoms with E-state index in [1.165, 1.54) is 11.1 Å². The zero-order valence-electron chi connectivity index (χ0n) is 21.2. The Balaban J connectivity index is 1.27. The number of methoxy groups -OCH3 is 2. The summed E-state index contributed by atoms with van der Waals surface area (Å²) >= 11 is 0. The van der Waals surface area contributed by atoms with Crippen LogP contribution in [0, 0.1) is 0 Å². The first-order valence-corrected chi connectivity index (χ1v) is 12.2. The molecule has 1 N–H and O–H groups in total. The van der Waals surface area contributed by atoms with Gasteiger partial charge in [-0.25, -0.2) is 5.43 Å². The molecular formula is C29H34N4O3. The van der Waals surface area contributed by atoms with Crippen LogP contribution in [0.15, 0.2) is 77.9 Å². The van der Waals surface area contributed by atoms with Crippen LogP contribution in [0.25, 0.3) is 0 Å². The van der Waals surface area contributed by atoms with Gasteiger partial charge >= 0.3 is 0 Å². The van der Waals surface area contributed by atoms with E-state index >= 15 is 0 Å². The molecule has 0 bridgehead atoms. The van der Waals surface area contributed by atoms with Crippen molar-refractivity contribution in [2.75, 3.05) is 40.4 Å². The third-order valence-corrected chi connectivity index (χ3v) is 6.46. The minimum absolute atomic E-state index is 0.240. The molecule has 0 atom stereocenters. The number of nitrogens with zero attached hydrogens (tertiary/aromatic N) is 3. The molecule has 1 aliphatic rings. The number of hydrogen-bond donors (Lipinski definition) is 1. The van der Waals surface area contributed by atoms with Crippen LogP contribution < -0.4 is 14.9 Å². The third-order valence-electron chi connectivity index (χ3n) is 6.46. The van der Waals surface area contributed by atoms with Crippen molar-refractivity contribution in [3.8, 4) is 11.5 Å². The number of piperazine rings is 1. The number of benzene rings is 3. The highest BCUT2D eigenvalue weighted by molar-refractivity contribution is 6.01. The molecule has 1 amide bonds. The molecule has 0 spiro atoms. The quantitative estimate of drug-likeness (QED) is 0.363. The maximum atomic E-state index is 12.6. The number of hydrazone groups is 1. The maximum absolute atomic E-state index is 12.6. The molecule has 4 rings (SSSR count). The molecule has 0 radical (unpaired) electrons. The van der Waals surface area contributed by atoms with Gasteiger partial charge in [-0.2, -0.15) is 5.10 Å². The van der Waals surface area contributed by atoms with E-state index in [9.17, 15) is 4.79 Å². The molecule has 188 valence electrons. The zero-order valence-corrected chi connectivity index (χ0v) is 21.2. The van der Waals surface area contributed by atoms with E-state index in [1.54, 1.807) is 14.2 Å². The van der Waals surface area contributed by atoms with E-state index in [4.69, 9.17) is 9.47 Å². The average molecular weight is 487 g/mol. The minimum Gasteiger partial charge on any atom is -0.493 e. The van der Waals surface area contributed by atoms with Gasteiger partial charge in [-0.1, -0.05) is 42.5 Å². The van der Waals surface area contributed by atoms with Crippen LogP contribution in [0.3, 0.4) is 0 Å². The largest absolute Gasteiger partial charge is 0.493 e. The summed E-state index contributed by atoms with van der Waals surface area (Å²) in [6, 6.07) is 23.9. The summed E-state index contributed by atoms with van der Waals surface area (Å²) < 4.78 is 10.6. The predicted molar refractivity (Wildman–Crippen MR) is 143 cm³/mol. The average Bonchev–Trinajstić information content (AvgIpc) is 2.93. The molecule has 0 aromatic heterocycles. The SMILES string of the molecule is COc1ccc(/C(C)=N\NC(=O)c2ccc(CN3CCN(Cc4ccccc4)CC3)cc2)cc1OC. The number of ether oxygens (including phenoxy) is 2. The Hall–Kier alpha value is -3.68. The maximum Gasteiger partial charge on any atom is 0.271 e. The van der Waals surface area contributed by atoms with E-state index in [2.05, 4.69) is 50.7 Å². The number of nitrogens with one attached hydrogen (secondary N) is 1. The van der Waals surface area contributed by atoms with E-state index in [1.807, 2.05) is 49.4 Å². The van der Waals surface area contributed by atoms with Gasteiger partial charge in [0.15, 0.2) is 11.5 Å². The molecule has 1 fully saturated rings. The number of rotatable bonds is 9. The highest BCUT2D eigenvalue weighted by Gasteiger charge is 2.17. The summed E-state index contributed by atoms with van der Waals surface area (Å²) in [5.74, 6) is 1.02. The second-order valence-corrected chi connectivity index (χ2v) is 8.94. The van der Waals surface area contributed by atoms with Gasteiger partial charge in [0.05, 0.1) is 19.9 Å². The van der Waals surface area contributed by atoms with Gasteiger partial charge in [0, 0.05) is 50.4 Å². The molecule has 0 aliphatic carbocycles. The first-order valence-electron chi connectivity index (χ1n) is 12.2. The van der Waals surface area contributed by atoms with E-state index in [0.717, 1.165) is 44.8 Å². The Labute approximate surface area is 213 Å². The van der Waals surface area contributed by atoms with Crippen LogP contribution in [0.1, 0.15) is 34.0 Å². The van der Waals surface area contributed by atoms with Crippen molar-refractivity contribution >= 4 is 11.6 Å². The van der Waals surface area contributed by atoms with Gasteiger partial charge in [0.25, 0.3) is 5.91 Å². The van der Waals surface area contributed by atoms with Crippen molar-refractivity contribution in [1.29, 1.82) is 0 Å². The fourth-order valence-corrected chi connectivity index (χ4v) is 4.29. The lowest BCUT2D eigenvalue weighted by Gasteiger charge is -2.34. The Bertz CT molecular complexity index is 1170. The van der Waals surface area contributed by atoms with Crippen molar-refractivity contribution in [1.82, 2.24) is 15.2 Å². The Kier molecular flexibility index (Phi) is 8.71. The predicted octanol–water partition coefficient (Wildman–Crippen LogP) is 4.18. The Morgan fingerprint density at radius 1 is 0.778 bits per heavy atom. The zero-order chi connectivity index (χ0) is 25.3. The Morgan fingerprint density at radius 2 is 1.33 bits per heavy atom. The standard InChI is InChI=1S/C29H34N4O3/c1-22(26-13-14-27(35-2)28(19-26)36-3)30-31-29(34)25-11-9-24(10-12-25)21-33-17-15-32(16-18-33)20-23-7-5-4-6-8-23/h4-14,19H,15-18,20-21H2,1-3H3,(H,31,34)/b30-22-. The van der Waals surface area contributed by atoms with Crippen LogP contribution in [0.4, 0.5) is 0 Å². The molecule has 36 heavy (non-hydrogen) atoms. The Morgan fingerprint density at radius 3 is 1.92 bits per heavy atom. The molecule has 1 heterocycles. The number of carbonyl (C=O) groups is 1. The van der Waals surface area contributed by atoms with Gasteiger partial charge in [0.1, 0.15) is 0 Å². The summed E-state index contributed by atoms with van der Waals surface area (Å²) in [5.41, 5.74) is 7.31. The lowest BCUT2D eigenvalue weighted by atomic mass is 10.1. The van der Waals surface area contributed by atoms with Crippen LogP contribution in [0.5, 0.6) is 11.5 Å². The van der Waals surface area contributed by atoms with E-state index < -0.39 is 0 Å². The summed E-state index contributed by atoms with van der Waals surface area (Å²) in [4.78, 5) is 17.6. The van der Waals surface area contributed by atoms with Crippen LogP contribution in [-0.4, -0.2) is 61.8 Å². The van der Waals surface area contributed by atoms with Gasteiger partial charge < -0.3 is 9.47 Å². The lowest BCUT2D eigenvalue weighted by molar-refractivity contribution is 0.0954. The van der Waals surface area contributed by atoms with Crippen molar-refractivity contribution in [3.63, 3.8) is 0 Å². The summed E-state index contributed by atoms with van der Waals surface area (Å²) in [6.07, 6.45) is 0. The summed E-state index contributed by atoms with van der Waals surface area (Å²) in [5, 5.41) is 4.26. The summed E-state index contributed by atoms with van der Waals surface area (Å²) in [6.45, 7) is 7.94. The topological polar surface area (TPSA) is 66.4 Å². The first kappa shape index (κ1) is 25.4. The number of hydrogen-bond acceptors (Lipinski definition) is 6. The highest BCUT2D eigenvalue weighted by atomic mass is 16.5. The lowest BCUT2D eigenvalue weighted by Crippen LogP contribution is -2.45. The van der Waals surface area contributed by atoms with Crippen LogP contribution >= 0.6 is 0 Å². The molecule has 3 aromatic rings. The van der Waals surface area contributed by atoms with E-state index in [-0.39, 0.29) is 5.91 Å². The van der Waals surface area contributed by atoms with Gasteiger partial charge in [0.2, 0.25) is 0 Å². The molecule has 7 nitrogen and oxygen atoms in total. The monoisotopic (exact) mass is 486 g/mol. The molecule has 7 heteroatoms. The normalized spacial score (nSPS) is 14.9. The summed E-state index contributed by atoms with van der Waals surface area (Å²) in [7, 11) is 3.18. The second-order valence-electron chi connectivity index (χ2n) is 8.94. The molecule has 0 unspecified atom stereocenters. The van der Waals surface area contributed by atoms with Crippen LogP contribution in [0.2, 0.25) is 0 Å². The number of amides is 1. The van der Waals surface area contributed by atoms with Crippen molar-refractivity contribution in [2.45, 2.75) is 20.0 Å². The fourth-order valence-electron chi connectivity index (χ4n) is 4.29. The van der Waals surface area contributed by atoms with Crippen molar-refractivity contribution in [2.24, 2.45) is 5.10 Å². The van der Waals surface area contributed by atoms with Crippen molar-refractivity contribution < 1.29 is 14.3 Å². The van der Waals surface area contributed by atoms with Gasteiger partial charge in [-0.05, 0) is 48.4 Å². The van der Waals surface area contributed by atoms with Gasteiger partial charge in [-0.15, -0.1) is 0 Å². The fraction of sp³-hybridized carbons (Fsp3) is 0.310. The smallest absolute Gasteiger partial charge is 0.271 e. The third kappa shape index (κ3) is 6.71. The van der Waals surface area contributed by atoms with E-state index in [0.29, 0.717) is 22.8 Å². The molecule has 1 aliphatic heterocycles. The molecule has 3 aromatic carbocycles. The highest BCUT2D eigenvalue weighted by Crippen LogP contribution is 2.27. The minimum atomic E-state index is -0.240. The second kappa shape index (κ2) is 12.3. The van der Waals surface area contributed by atoms with Crippen molar-refractivity contribution in [3.05, 3.63) is 95.1 Å². The van der Waals surface area contributed by atoms with Gasteiger partial charge in [-0.3, -0.25) is 14.6 Å². The molecular weight excluding hydrogens is 452 g/mol.